The largest absolute Gasteiger partial charge is 0.497 e. The minimum atomic E-state index is 0.756. The zero-order valence-electron chi connectivity index (χ0n) is 10.3. The van der Waals surface area contributed by atoms with Crippen molar-refractivity contribution in [1.82, 2.24) is 4.98 Å². The number of nitrogens with one attached hydrogen (secondary N) is 1. The number of ether oxygens (including phenoxy) is 1. The molecule has 0 saturated heterocycles. The molecule has 0 saturated carbocycles. The van der Waals surface area contributed by atoms with Gasteiger partial charge in [-0.3, -0.25) is 0 Å². The molecule has 3 nitrogen and oxygen atoms in total. The lowest BCUT2D eigenvalue weighted by Gasteiger charge is -2.06. The second-order valence-corrected chi connectivity index (χ2v) is 5.12. The Bertz CT molecular complexity index is 488. The molecule has 0 spiro atoms. The molecule has 17 heavy (non-hydrogen) atoms. The van der Waals surface area contributed by atoms with Crippen LogP contribution in [0.5, 0.6) is 5.75 Å². The van der Waals surface area contributed by atoms with Gasteiger partial charge in [0.15, 0.2) is 0 Å². The molecule has 1 aromatic carbocycles. The van der Waals surface area contributed by atoms with E-state index in [1.165, 1.54) is 4.88 Å². The lowest BCUT2D eigenvalue weighted by Crippen LogP contribution is -1.99. The Morgan fingerprint density at radius 3 is 2.82 bits per heavy atom. The highest BCUT2D eigenvalue weighted by atomic mass is 32.1. The second kappa shape index (κ2) is 5.19. The number of aryl methyl sites for hydroxylation is 2. The van der Waals surface area contributed by atoms with Crippen LogP contribution in [0.3, 0.4) is 0 Å². The van der Waals surface area contributed by atoms with E-state index in [2.05, 4.69) is 17.2 Å². The van der Waals surface area contributed by atoms with Crippen molar-refractivity contribution in [2.45, 2.75) is 20.4 Å². The van der Waals surface area contributed by atoms with Gasteiger partial charge in [-0.15, -0.1) is 11.3 Å². The van der Waals surface area contributed by atoms with Crippen LogP contribution in [-0.2, 0) is 6.54 Å². The molecule has 2 rings (SSSR count). The first-order chi connectivity index (χ1) is 8.19. The maximum Gasteiger partial charge on any atom is 0.120 e. The molecule has 0 unspecified atom stereocenters. The molecule has 0 aliphatic carbocycles. The predicted molar refractivity (Wildman–Crippen MR) is 71.9 cm³/mol. The zero-order chi connectivity index (χ0) is 12.3. The first-order valence-corrected chi connectivity index (χ1v) is 6.31. The summed E-state index contributed by atoms with van der Waals surface area (Å²) < 4.78 is 5.18. The molecule has 1 aromatic heterocycles. The van der Waals surface area contributed by atoms with Crippen LogP contribution in [0.15, 0.2) is 24.3 Å². The first kappa shape index (κ1) is 11.9. The molecule has 0 bridgehead atoms. The van der Waals surface area contributed by atoms with E-state index in [0.29, 0.717) is 0 Å². The number of hydrogen-bond acceptors (Lipinski definition) is 4. The minimum absolute atomic E-state index is 0.756. The third-order valence-corrected chi connectivity index (χ3v) is 3.66. The molecule has 0 amide bonds. The van der Waals surface area contributed by atoms with Crippen molar-refractivity contribution in [1.29, 1.82) is 0 Å². The number of rotatable bonds is 4. The molecule has 0 fully saturated rings. The van der Waals surface area contributed by atoms with Gasteiger partial charge in [0.05, 0.1) is 19.3 Å². The number of hydrogen-bond donors (Lipinski definition) is 1. The molecule has 1 N–H and O–H groups in total. The number of nitrogens with zero attached hydrogens (tertiary/aromatic N) is 1. The summed E-state index contributed by atoms with van der Waals surface area (Å²) in [6.07, 6.45) is 0. The van der Waals surface area contributed by atoms with Crippen LogP contribution in [-0.4, -0.2) is 12.1 Å². The summed E-state index contributed by atoms with van der Waals surface area (Å²) in [6, 6.07) is 7.91. The van der Waals surface area contributed by atoms with E-state index >= 15 is 0 Å². The molecule has 90 valence electrons. The summed E-state index contributed by atoms with van der Waals surface area (Å²) in [5.74, 6) is 0.862. The second-order valence-electron chi connectivity index (χ2n) is 3.83. The Labute approximate surface area is 105 Å². The van der Waals surface area contributed by atoms with Gasteiger partial charge in [-0.25, -0.2) is 4.98 Å². The van der Waals surface area contributed by atoms with Gasteiger partial charge in [0.25, 0.3) is 0 Å². The summed E-state index contributed by atoms with van der Waals surface area (Å²) in [5, 5.41) is 4.46. The van der Waals surface area contributed by atoms with Crippen molar-refractivity contribution in [2.75, 3.05) is 12.4 Å². The Morgan fingerprint density at radius 2 is 2.18 bits per heavy atom. The van der Waals surface area contributed by atoms with E-state index in [-0.39, 0.29) is 0 Å². The van der Waals surface area contributed by atoms with Gasteiger partial charge >= 0.3 is 0 Å². The molecule has 0 atom stereocenters. The Kier molecular flexibility index (Phi) is 3.64. The lowest BCUT2D eigenvalue weighted by molar-refractivity contribution is 0.415. The van der Waals surface area contributed by atoms with Crippen LogP contribution in [0.4, 0.5) is 5.69 Å². The van der Waals surface area contributed by atoms with Crippen LogP contribution < -0.4 is 10.1 Å². The fraction of sp³-hybridized carbons (Fsp3) is 0.308. The van der Waals surface area contributed by atoms with Crippen LogP contribution in [0.1, 0.15) is 15.6 Å². The third-order valence-electron chi connectivity index (χ3n) is 2.59. The average Bonchev–Trinajstić information content (AvgIpc) is 2.67. The van der Waals surface area contributed by atoms with Gasteiger partial charge in [0, 0.05) is 16.6 Å². The Morgan fingerprint density at radius 1 is 1.35 bits per heavy atom. The maximum absolute atomic E-state index is 5.18. The molecular weight excluding hydrogens is 232 g/mol. The average molecular weight is 248 g/mol. The van der Waals surface area contributed by atoms with Gasteiger partial charge in [0.1, 0.15) is 10.8 Å². The molecule has 4 heteroatoms. The summed E-state index contributed by atoms with van der Waals surface area (Å²) >= 11 is 1.74. The number of thiazole rings is 1. The van der Waals surface area contributed by atoms with E-state index in [1.807, 2.05) is 31.2 Å². The van der Waals surface area contributed by atoms with Crippen molar-refractivity contribution >= 4 is 17.0 Å². The number of aromatic nitrogens is 1. The normalized spacial score (nSPS) is 10.3. The van der Waals surface area contributed by atoms with E-state index in [1.54, 1.807) is 18.4 Å². The highest BCUT2D eigenvalue weighted by molar-refractivity contribution is 7.11. The fourth-order valence-electron chi connectivity index (χ4n) is 1.53. The van der Waals surface area contributed by atoms with Gasteiger partial charge in [0.2, 0.25) is 0 Å². The first-order valence-electron chi connectivity index (χ1n) is 5.50. The van der Waals surface area contributed by atoms with E-state index in [0.717, 1.165) is 28.7 Å². The number of benzene rings is 1. The van der Waals surface area contributed by atoms with E-state index in [4.69, 9.17) is 4.74 Å². The SMILES string of the molecule is COc1cccc(NCc2nc(C)c(C)s2)c1. The number of methoxy groups -OCH3 is 1. The Hall–Kier alpha value is -1.55. The van der Waals surface area contributed by atoms with Gasteiger partial charge in [-0.05, 0) is 26.0 Å². The minimum Gasteiger partial charge on any atom is -0.497 e. The third kappa shape index (κ3) is 2.97. The molecule has 1 heterocycles. The van der Waals surface area contributed by atoms with Crippen molar-refractivity contribution in [2.24, 2.45) is 0 Å². The smallest absolute Gasteiger partial charge is 0.120 e. The molecular formula is C13H16N2OS. The van der Waals surface area contributed by atoms with Crippen molar-refractivity contribution in [3.63, 3.8) is 0 Å². The van der Waals surface area contributed by atoms with E-state index in [9.17, 15) is 0 Å². The van der Waals surface area contributed by atoms with Crippen molar-refractivity contribution < 1.29 is 4.74 Å². The Balaban J connectivity index is 2.01. The monoisotopic (exact) mass is 248 g/mol. The lowest BCUT2D eigenvalue weighted by atomic mass is 10.3. The molecule has 0 radical (unpaired) electrons. The maximum atomic E-state index is 5.18. The summed E-state index contributed by atoms with van der Waals surface area (Å²) in [7, 11) is 1.67. The van der Waals surface area contributed by atoms with Crippen molar-refractivity contribution in [3.05, 3.63) is 39.8 Å². The van der Waals surface area contributed by atoms with Gasteiger partial charge in [-0.1, -0.05) is 6.07 Å². The van der Waals surface area contributed by atoms with Gasteiger partial charge in [-0.2, -0.15) is 0 Å². The zero-order valence-corrected chi connectivity index (χ0v) is 11.1. The highest BCUT2D eigenvalue weighted by Crippen LogP contribution is 2.20. The standard InChI is InChI=1S/C13H16N2OS/c1-9-10(2)17-13(15-9)8-14-11-5-4-6-12(7-11)16-3/h4-7,14H,8H2,1-3H3. The van der Waals surface area contributed by atoms with Crippen molar-refractivity contribution in [3.8, 4) is 5.75 Å². The summed E-state index contributed by atoms with van der Waals surface area (Å²) in [6.45, 7) is 4.90. The summed E-state index contributed by atoms with van der Waals surface area (Å²) in [5.41, 5.74) is 2.17. The van der Waals surface area contributed by atoms with Crippen LogP contribution in [0.2, 0.25) is 0 Å². The predicted octanol–water partition coefficient (Wildman–Crippen LogP) is 3.38. The fourth-order valence-corrected chi connectivity index (χ4v) is 2.40. The van der Waals surface area contributed by atoms with E-state index < -0.39 is 0 Å². The molecule has 0 aliphatic heterocycles. The molecule has 0 aliphatic rings. The molecule has 2 aromatic rings. The van der Waals surface area contributed by atoms with Crippen LogP contribution >= 0.6 is 11.3 Å². The van der Waals surface area contributed by atoms with Crippen LogP contribution in [0, 0.1) is 13.8 Å². The number of anilines is 1. The van der Waals surface area contributed by atoms with Crippen LogP contribution in [0.25, 0.3) is 0 Å². The highest BCUT2D eigenvalue weighted by Gasteiger charge is 2.03. The topological polar surface area (TPSA) is 34.1 Å². The quantitative estimate of drug-likeness (QED) is 0.900. The summed E-state index contributed by atoms with van der Waals surface area (Å²) in [4.78, 5) is 5.78. The van der Waals surface area contributed by atoms with Gasteiger partial charge < -0.3 is 10.1 Å².